The van der Waals surface area contributed by atoms with Crippen molar-refractivity contribution in [3.05, 3.63) is 24.2 Å². The molecule has 1 aromatic rings. The molecule has 1 atom stereocenters. The standard InChI is InChI=1S/C13H25N3O/c1-4-16(8-5-7-15(2)3)13(10-14)12-6-9-17-11-12/h6,9,11,13H,4-5,7-8,10,14H2,1-3H3. The van der Waals surface area contributed by atoms with Crippen LogP contribution in [0.25, 0.3) is 0 Å². The van der Waals surface area contributed by atoms with Crippen LogP contribution < -0.4 is 5.73 Å². The van der Waals surface area contributed by atoms with Crippen molar-refractivity contribution in [2.75, 3.05) is 40.3 Å². The molecular formula is C13H25N3O. The lowest BCUT2D eigenvalue weighted by atomic mass is 10.1. The first-order chi connectivity index (χ1) is 8.19. The summed E-state index contributed by atoms with van der Waals surface area (Å²) < 4.78 is 5.14. The van der Waals surface area contributed by atoms with Crippen LogP contribution in [0.1, 0.15) is 24.9 Å². The van der Waals surface area contributed by atoms with Crippen molar-refractivity contribution in [2.45, 2.75) is 19.4 Å². The normalized spacial score (nSPS) is 13.5. The monoisotopic (exact) mass is 239 g/mol. The molecule has 0 amide bonds. The molecule has 0 saturated heterocycles. The molecule has 0 aliphatic heterocycles. The Kier molecular flexibility index (Phi) is 6.26. The van der Waals surface area contributed by atoms with Crippen molar-refractivity contribution in [1.82, 2.24) is 9.80 Å². The number of furan rings is 1. The average molecular weight is 239 g/mol. The van der Waals surface area contributed by atoms with E-state index in [2.05, 4.69) is 30.8 Å². The summed E-state index contributed by atoms with van der Waals surface area (Å²) >= 11 is 0. The SMILES string of the molecule is CCN(CCCN(C)C)C(CN)c1ccoc1. The Morgan fingerprint density at radius 3 is 2.59 bits per heavy atom. The van der Waals surface area contributed by atoms with Crippen LogP contribution in [0.2, 0.25) is 0 Å². The first-order valence-corrected chi connectivity index (χ1v) is 6.30. The van der Waals surface area contributed by atoms with Gasteiger partial charge < -0.3 is 15.1 Å². The lowest BCUT2D eigenvalue weighted by Gasteiger charge is -2.29. The van der Waals surface area contributed by atoms with Crippen LogP contribution in [0.3, 0.4) is 0 Å². The summed E-state index contributed by atoms with van der Waals surface area (Å²) in [5, 5.41) is 0. The molecule has 98 valence electrons. The molecule has 1 rings (SSSR count). The Labute approximate surface area is 104 Å². The van der Waals surface area contributed by atoms with Gasteiger partial charge in [0.15, 0.2) is 0 Å². The summed E-state index contributed by atoms with van der Waals surface area (Å²) in [4.78, 5) is 4.62. The Bertz CT molecular complexity index is 285. The molecule has 1 unspecified atom stereocenters. The van der Waals surface area contributed by atoms with Gasteiger partial charge in [-0.3, -0.25) is 4.90 Å². The molecule has 17 heavy (non-hydrogen) atoms. The summed E-state index contributed by atoms with van der Waals surface area (Å²) in [6, 6.07) is 2.28. The van der Waals surface area contributed by atoms with E-state index in [0.29, 0.717) is 6.54 Å². The number of nitrogens with zero attached hydrogens (tertiary/aromatic N) is 2. The fourth-order valence-corrected chi connectivity index (χ4v) is 2.08. The molecule has 1 heterocycles. The van der Waals surface area contributed by atoms with E-state index >= 15 is 0 Å². The van der Waals surface area contributed by atoms with Crippen LogP contribution in [0.4, 0.5) is 0 Å². The summed E-state index contributed by atoms with van der Waals surface area (Å²) in [5.74, 6) is 0. The molecular weight excluding hydrogens is 214 g/mol. The lowest BCUT2D eigenvalue weighted by molar-refractivity contribution is 0.200. The number of hydrogen-bond acceptors (Lipinski definition) is 4. The number of nitrogens with two attached hydrogens (primary N) is 1. The van der Waals surface area contributed by atoms with Gasteiger partial charge in [0.2, 0.25) is 0 Å². The molecule has 0 fully saturated rings. The maximum Gasteiger partial charge on any atom is 0.0950 e. The van der Waals surface area contributed by atoms with E-state index in [1.54, 1.807) is 12.5 Å². The molecule has 2 N–H and O–H groups in total. The zero-order valence-electron chi connectivity index (χ0n) is 11.2. The van der Waals surface area contributed by atoms with Crippen LogP contribution in [-0.4, -0.2) is 50.1 Å². The number of likely N-dealkylation sites (N-methyl/N-ethyl adjacent to an activating group) is 1. The number of rotatable bonds is 8. The number of hydrogen-bond donors (Lipinski definition) is 1. The van der Waals surface area contributed by atoms with Gasteiger partial charge in [0.1, 0.15) is 0 Å². The molecule has 4 nitrogen and oxygen atoms in total. The van der Waals surface area contributed by atoms with Crippen molar-refractivity contribution < 1.29 is 4.42 Å². The average Bonchev–Trinajstić information content (AvgIpc) is 2.81. The minimum atomic E-state index is 0.279. The first-order valence-electron chi connectivity index (χ1n) is 6.30. The quantitative estimate of drug-likeness (QED) is 0.747. The van der Waals surface area contributed by atoms with E-state index in [0.717, 1.165) is 26.1 Å². The fraction of sp³-hybridized carbons (Fsp3) is 0.692. The third-order valence-electron chi connectivity index (χ3n) is 3.05. The van der Waals surface area contributed by atoms with Gasteiger partial charge >= 0.3 is 0 Å². The maximum atomic E-state index is 5.88. The van der Waals surface area contributed by atoms with Gasteiger partial charge in [-0.2, -0.15) is 0 Å². The molecule has 0 saturated carbocycles. The van der Waals surface area contributed by atoms with Gasteiger partial charge in [-0.15, -0.1) is 0 Å². The van der Waals surface area contributed by atoms with Gasteiger partial charge in [-0.25, -0.2) is 0 Å². The highest BCUT2D eigenvalue weighted by atomic mass is 16.3. The smallest absolute Gasteiger partial charge is 0.0950 e. The maximum absolute atomic E-state index is 5.88. The predicted molar refractivity (Wildman–Crippen MR) is 70.9 cm³/mol. The molecule has 0 bridgehead atoms. The van der Waals surface area contributed by atoms with Crippen LogP contribution in [0.15, 0.2) is 23.0 Å². The Hall–Kier alpha value is -0.840. The lowest BCUT2D eigenvalue weighted by Crippen LogP contribution is -2.35. The molecule has 1 aromatic heterocycles. The van der Waals surface area contributed by atoms with Crippen molar-refractivity contribution in [2.24, 2.45) is 5.73 Å². The van der Waals surface area contributed by atoms with Gasteiger partial charge in [-0.05, 0) is 39.7 Å². The zero-order chi connectivity index (χ0) is 12.7. The summed E-state index contributed by atoms with van der Waals surface area (Å²) in [6.07, 6.45) is 4.67. The van der Waals surface area contributed by atoms with E-state index in [9.17, 15) is 0 Å². The van der Waals surface area contributed by atoms with E-state index in [1.807, 2.05) is 6.07 Å². The Balaban J connectivity index is 2.52. The zero-order valence-corrected chi connectivity index (χ0v) is 11.2. The molecule has 0 radical (unpaired) electrons. The van der Waals surface area contributed by atoms with E-state index in [1.165, 1.54) is 5.56 Å². The third-order valence-corrected chi connectivity index (χ3v) is 3.05. The third kappa shape index (κ3) is 4.50. The van der Waals surface area contributed by atoms with E-state index in [-0.39, 0.29) is 6.04 Å². The van der Waals surface area contributed by atoms with Gasteiger partial charge in [0.25, 0.3) is 0 Å². The van der Waals surface area contributed by atoms with Gasteiger partial charge in [0.05, 0.1) is 18.6 Å². The Morgan fingerprint density at radius 1 is 1.35 bits per heavy atom. The minimum absolute atomic E-state index is 0.279. The van der Waals surface area contributed by atoms with Crippen molar-refractivity contribution in [3.63, 3.8) is 0 Å². The van der Waals surface area contributed by atoms with Crippen LogP contribution >= 0.6 is 0 Å². The minimum Gasteiger partial charge on any atom is -0.472 e. The van der Waals surface area contributed by atoms with Crippen LogP contribution in [0.5, 0.6) is 0 Å². The highest BCUT2D eigenvalue weighted by Crippen LogP contribution is 2.19. The summed E-state index contributed by atoms with van der Waals surface area (Å²) in [7, 11) is 4.21. The fourth-order valence-electron chi connectivity index (χ4n) is 2.08. The van der Waals surface area contributed by atoms with Crippen LogP contribution in [-0.2, 0) is 0 Å². The highest BCUT2D eigenvalue weighted by molar-refractivity contribution is 5.12. The highest BCUT2D eigenvalue weighted by Gasteiger charge is 2.18. The van der Waals surface area contributed by atoms with Crippen molar-refractivity contribution in [3.8, 4) is 0 Å². The largest absolute Gasteiger partial charge is 0.472 e. The molecule has 0 aliphatic rings. The second-order valence-electron chi connectivity index (χ2n) is 4.59. The topological polar surface area (TPSA) is 45.6 Å². The second-order valence-corrected chi connectivity index (χ2v) is 4.59. The molecule has 0 aliphatic carbocycles. The van der Waals surface area contributed by atoms with Crippen molar-refractivity contribution >= 4 is 0 Å². The summed E-state index contributed by atoms with van der Waals surface area (Å²) in [5.41, 5.74) is 7.06. The van der Waals surface area contributed by atoms with E-state index in [4.69, 9.17) is 10.2 Å². The van der Waals surface area contributed by atoms with Gasteiger partial charge in [0, 0.05) is 18.7 Å². The molecule has 4 heteroatoms. The van der Waals surface area contributed by atoms with Crippen molar-refractivity contribution in [1.29, 1.82) is 0 Å². The predicted octanol–water partition coefficient (Wildman–Crippen LogP) is 1.55. The summed E-state index contributed by atoms with van der Waals surface area (Å²) in [6.45, 7) is 6.01. The molecule has 0 aromatic carbocycles. The van der Waals surface area contributed by atoms with E-state index < -0.39 is 0 Å². The van der Waals surface area contributed by atoms with Gasteiger partial charge in [-0.1, -0.05) is 6.92 Å². The second kappa shape index (κ2) is 7.48. The molecule has 0 spiro atoms. The van der Waals surface area contributed by atoms with Crippen LogP contribution in [0, 0.1) is 0 Å². The first kappa shape index (κ1) is 14.2. The Morgan fingerprint density at radius 2 is 2.12 bits per heavy atom.